The summed E-state index contributed by atoms with van der Waals surface area (Å²) in [6.45, 7) is 2.01. The van der Waals surface area contributed by atoms with E-state index in [0.717, 1.165) is 5.56 Å². The van der Waals surface area contributed by atoms with Gasteiger partial charge in [-0.3, -0.25) is 4.98 Å². The molecule has 18 heavy (non-hydrogen) atoms. The van der Waals surface area contributed by atoms with Gasteiger partial charge in [0, 0.05) is 12.4 Å². The summed E-state index contributed by atoms with van der Waals surface area (Å²) in [7, 11) is 1.53. The first kappa shape index (κ1) is 12.6. The number of aromatic nitrogens is 3. The number of hydrogen-bond acceptors (Lipinski definition) is 5. The number of pyridine rings is 1. The van der Waals surface area contributed by atoms with Gasteiger partial charge in [0.2, 0.25) is 0 Å². The molecule has 2 rings (SSSR count). The van der Waals surface area contributed by atoms with Gasteiger partial charge in [-0.15, -0.1) is 0 Å². The maximum absolute atomic E-state index is 5.93. The Hall–Kier alpha value is -1.88. The predicted octanol–water partition coefficient (Wildman–Crippen LogP) is 2.71. The molecule has 2 aromatic heterocycles. The lowest BCUT2D eigenvalue weighted by Crippen LogP contribution is -2.09. The van der Waals surface area contributed by atoms with Crippen LogP contribution in [0.2, 0.25) is 5.15 Å². The molecule has 0 spiro atoms. The quantitative estimate of drug-likeness (QED) is 0.861. The molecule has 6 heteroatoms. The smallest absolute Gasteiger partial charge is 0.198 e. The van der Waals surface area contributed by atoms with Crippen molar-refractivity contribution in [3.8, 4) is 5.75 Å². The molecule has 0 aliphatic carbocycles. The van der Waals surface area contributed by atoms with E-state index < -0.39 is 0 Å². The first-order valence-corrected chi connectivity index (χ1v) is 5.81. The molecule has 94 valence electrons. The minimum absolute atomic E-state index is 0.0403. The van der Waals surface area contributed by atoms with Crippen molar-refractivity contribution in [1.29, 1.82) is 0 Å². The van der Waals surface area contributed by atoms with Gasteiger partial charge in [0.15, 0.2) is 16.7 Å². The van der Waals surface area contributed by atoms with Crippen molar-refractivity contribution in [2.75, 3.05) is 12.4 Å². The van der Waals surface area contributed by atoms with Gasteiger partial charge in [-0.2, -0.15) is 0 Å². The second-order valence-electron chi connectivity index (χ2n) is 3.70. The highest BCUT2D eigenvalue weighted by Crippen LogP contribution is 2.30. The molecule has 0 fully saturated rings. The number of anilines is 1. The Morgan fingerprint density at radius 1 is 1.39 bits per heavy atom. The maximum Gasteiger partial charge on any atom is 0.198 e. The van der Waals surface area contributed by atoms with Crippen LogP contribution in [0.5, 0.6) is 5.75 Å². The highest BCUT2D eigenvalue weighted by Gasteiger charge is 2.13. The third-order valence-corrected chi connectivity index (χ3v) is 2.77. The normalized spacial score (nSPS) is 11.9. The summed E-state index contributed by atoms with van der Waals surface area (Å²) in [5, 5.41) is 3.50. The van der Waals surface area contributed by atoms with Crippen LogP contribution < -0.4 is 10.1 Å². The predicted molar refractivity (Wildman–Crippen MR) is 69.9 cm³/mol. The number of halogens is 1. The fourth-order valence-electron chi connectivity index (χ4n) is 1.56. The van der Waals surface area contributed by atoms with Crippen molar-refractivity contribution in [1.82, 2.24) is 15.0 Å². The molecule has 0 aliphatic heterocycles. The maximum atomic E-state index is 5.93. The SMILES string of the molecule is COc1c(Cl)ncnc1NC(C)c1cccnc1. The monoisotopic (exact) mass is 264 g/mol. The van der Waals surface area contributed by atoms with Gasteiger partial charge in [0.05, 0.1) is 13.2 Å². The van der Waals surface area contributed by atoms with E-state index in [1.807, 2.05) is 19.1 Å². The number of hydrogen-bond donors (Lipinski definition) is 1. The molecule has 2 aromatic rings. The van der Waals surface area contributed by atoms with E-state index in [4.69, 9.17) is 16.3 Å². The van der Waals surface area contributed by atoms with E-state index in [0.29, 0.717) is 11.6 Å². The van der Waals surface area contributed by atoms with Crippen LogP contribution in [-0.2, 0) is 0 Å². The number of nitrogens with zero attached hydrogens (tertiary/aromatic N) is 3. The highest BCUT2D eigenvalue weighted by molar-refractivity contribution is 6.31. The molecule has 0 bridgehead atoms. The van der Waals surface area contributed by atoms with Crippen molar-refractivity contribution in [2.45, 2.75) is 13.0 Å². The molecule has 1 N–H and O–H groups in total. The third-order valence-electron chi connectivity index (χ3n) is 2.50. The molecule has 0 aliphatic rings. The molecule has 2 heterocycles. The molecule has 0 saturated heterocycles. The van der Waals surface area contributed by atoms with Crippen molar-refractivity contribution in [2.24, 2.45) is 0 Å². The number of methoxy groups -OCH3 is 1. The highest BCUT2D eigenvalue weighted by atomic mass is 35.5. The summed E-state index contributed by atoms with van der Waals surface area (Å²) < 4.78 is 5.18. The first-order valence-electron chi connectivity index (χ1n) is 5.43. The van der Waals surface area contributed by atoms with Gasteiger partial charge >= 0.3 is 0 Å². The molecular weight excluding hydrogens is 252 g/mol. The van der Waals surface area contributed by atoms with Crippen LogP contribution in [0.25, 0.3) is 0 Å². The van der Waals surface area contributed by atoms with Crippen LogP contribution in [0.15, 0.2) is 30.9 Å². The average Bonchev–Trinajstić information content (AvgIpc) is 2.40. The van der Waals surface area contributed by atoms with Crippen LogP contribution in [0.4, 0.5) is 5.82 Å². The summed E-state index contributed by atoms with van der Waals surface area (Å²) in [5.74, 6) is 1.00. The van der Waals surface area contributed by atoms with Gasteiger partial charge in [0.25, 0.3) is 0 Å². The van der Waals surface area contributed by atoms with Crippen LogP contribution in [0, 0.1) is 0 Å². The summed E-state index contributed by atoms with van der Waals surface area (Å²) in [4.78, 5) is 12.1. The lowest BCUT2D eigenvalue weighted by molar-refractivity contribution is 0.412. The van der Waals surface area contributed by atoms with Crippen molar-refractivity contribution in [3.05, 3.63) is 41.6 Å². The average molecular weight is 265 g/mol. The molecule has 1 unspecified atom stereocenters. The Morgan fingerprint density at radius 2 is 2.22 bits per heavy atom. The van der Waals surface area contributed by atoms with E-state index in [2.05, 4.69) is 20.3 Å². The van der Waals surface area contributed by atoms with Gasteiger partial charge in [0.1, 0.15) is 6.33 Å². The first-order chi connectivity index (χ1) is 8.72. The zero-order valence-corrected chi connectivity index (χ0v) is 10.8. The van der Waals surface area contributed by atoms with Crippen LogP contribution in [0.1, 0.15) is 18.5 Å². The second kappa shape index (κ2) is 5.64. The minimum Gasteiger partial charge on any atom is -0.490 e. The topological polar surface area (TPSA) is 59.9 Å². The van der Waals surface area contributed by atoms with Crippen molar-refractivity contribution in [3.63, 3.8) is 0 Å². The zero-order valence-electron chi connectivity index (χ0n) is 10.1. The van der Waals surface area contributed by atoms with Gasteiger partial charge in [-0.1, -0.05) is 17.7 Å². The zero-order chi connectivity index (χ0) is 13.0. The van der Waals surface area contributed by atoms with Crippen LogP contribution >= 0.6 is 11.6 Å². The molecule has 0 radical (unpaired) electrons. The van der Waals surface area contributed by atoms with E-state index in [1.54, 1.807) is 12.4 Å². The van der Waals surface area contributed by atoms with Crippen molar-refractivity contribution < 1.29 is 4.74 Å². The van der Waals surface area contributed by atoms with Crippen LogP contribution in [-0.4, -0.2) is 22.1 Å². The number of nitrogens with one attached hydrogen (secondary N) is 1. The van der Waals surface area contributed by atoms with Gasteiger partial charge < -0.3 is 10.1 Å². The van der Waals surface area contributed by atoms with E-state index in [1.165, 1.54) is 13.4 Å². The van der Waals surface area contributed by atoms with Crippen LogP contribution in [0.3, 0.4) is 0 Å². The summed E-state index contributed by atoms with van der Waals surface area (Å²) >= 11 is 5.93. The minimum atomic E-state index is 0.0403. The van der Waals surface area contributed by atoms with E-state index >= 15 is 0 Å². The number of ether oxygens (including phenoxy) is 1. The molecule has 0 aromatic carbocycles. The lowest BCUT2D eigenvalue weighted by atomic mass is 10.1. The summed E-state index contributed by atoms with van der Waals surface area (Å²) in [6.07, 6.45) is 4.93. The fraction of sp³-hybridized carbons (Fsp3) is 0.250. The Bertz CT molecular complexity index is 521. The summed E-state index contributed by atoms with van der Waals surface area (Å²) in [5.41, 5.74) is 1.05. The second-order valence-corrected chi connectivity index (χ2v) is 4.06. The molecule has 0 amide bonds. The molecule has 0 saturated carbocycles. The van der Waals surface area contributed by atoms with Gasteiger partial charge in [-0.25, -0.2) is 9.97 Å². The molecule has 1 atom stereocenters. The van der Waals surface area contributed by atoms with Gasteiger partial charge in [-0.05, 0) is 18.6 Å². The summed E-state index contributed by atoms with van der Waals surface area (Å²) in [6, 6.07) is 3.91. The lowest BCUT2D eigenvalue weighted by Gasteiger charge is -2.16. The fourth-order valence-corrected chi connectivity index (χ4v) is 1.77. The third kappa shape index (κ3) is 2.68. The standard InChI is InChI=1S/C12H13ClN4O/c1-8(9-4-3-5-14-6-9)17-12-10(18-2)11(13)15-7-16-12/h3-8H,1-2H3,(H,15,16,17). The Morgan fingerprint density at radius 3 is 2.89 bits per heavy atom. The number of rotatable bonds is 4. The van der Waals surface area contributed by atoms with Crippen molar-refractivity contribution >= 4 is 17.4 Å². The molecule has 5 nitrogen and oxygen atoms in total. The molecular formula is C12H13ClN4O. The largest absolute Gasteiger partial charge is 0.490 e. The Labute approximate surface area is 110 Å². The Balaban J connectivity index is 2.22. The van der Waals surface area contributed by atoms with E-state index in [-0.39, 0.29) is 11.2 Å². The van der Waals surface area contributed by atoms with E-state index in [9.17, 15) is 0 Å². The Kier molecular flexibility index (Phi) is 3.94.